The Bertz CT molecular complexity index is 839. The number of anilines is 2. The van der Waals surface area contributed by atoms with Crippen molar-refractivity contribution in [3.8, 4) is 0 Å². The predicted molar refractivity (Wildman–Crippen MR) is 96.9 cm³/mol. The standard InChI is InChI=1S/C17H24N6O2/c1-11(2)14-9-12(22-25-14)10-19-16-15-13(20-17(18-3)21-16)5-6-23(15)7-8-24-4/h5-6,9,11H,7-8,10H2,1-4H3,(H2,18,19,20,21). The molecule has 25 heavy (non-hydrogen) atoms. The van der Waals surface area contributed by atoms with Crippen LogP contribution in [0.5, 0.6) is 0 Å². The number of ether oxygens (including phenoxy) is 1. The van der Waals surface area contributed by atoms with Crippen LogP contribution in [0.4, 0.5) is 11.8 Å². The lowest BCUT2D eigenvalue weighted by Crippen LogP contribution is -2.09. The van der Waals surface area contributed by atoms with Crippen LogP contribution in [0.1, 0.15) is 31.2 Å². The van der Waals surface area contributed by atoms with Gasteiger partial charge >= 0.3 is 0 Å². The first kappa shape index (κ1) is 17.2. The molecule has 0 aliphatic heterocycles. The number of nitrogens with zero attached hydrogens (tertiary/aromatic N) is 4. The molecule has 0 saturated carbocycles. The number of aromatic nitrogens is 4. The Hall–Kier alpha value is -2.61. The third-order valence-electron chi connectivity index (χ3n) is 3.95. The van der Waals surface area contributed by atoms with Crippen molar-refractivity contribution in [1.82, 2.24) is 19.7 Å². The van der Waals surface area contributed by atoms with E-state index in [-0.39, 0.29) is 0 Å². The first-order valence-electron chi connectivity index (χ1n) is 8.35. The Morgan fingerprint density at radius 1 is 1.32 bits per heavy atom. The smallest absolute Gasteiger partial charge is 0.225 e. The normalized spacial score (nSPS) is 11.4. The van der Waals surface area contributed by atoms with Crippen molar-refractivity contribution in [1.29, 1.82) is 0 Å². The van der Waals surface area contributed by atoms with Gasteiger partial charge in [-0.2, -0.15) is 4.98 Å². The zero-order valence-corrected chi connectivity index (χ0v) is 15.0. The van der Waals surface area contributed by atoms with Crippen molar-refractivity contribution in [3.63, 3.8) is 0 Å². The Balaban J connectivity index is 1.88. The molecule has 2 N–H and O–H groups in total. The van der Waals surface area contributed by atoms with Crippen LogP contribution >= 0.6 is 0 Å². The minimum atomic E-state index is 0.314. The van der Waals surface area contributed by atoms with Crippen molar-refractivity contribution in [2.24, 2.45) is 0 Å². The molecule has 0 aliphatic carbocycles. The fourth-order valence-electron chi connectivity index (χ4n) is 2.58. The molecule has 0 fully saturated rings. The van der Waals surface area contributed by atoms with Crippen LogP contribution < -0.4 is 10.6 Å². The second kappa shape index (κ2) is 7.52. The summed E-state index contributed by atoms with van der Waals surface area (Å²) < 4.78 is 12.6. The molecule has 0 saturated heterocycles. The van der Waals surface area contributed by atoms with E-state index in [2.05, 4.69) is 44.2 Å². The molecule has 0 unspecified atom stereocenters. The summed E-state index contributed by atoms with van der Waals surface area (Å²) in [4.78, 5) is 9.07. The minimum Gasteiger partial charge on any atom is -0.383 e. The van der Waals surface area contributed by atoms with E-state index in [1.165, 1.54) is 0 Å². The summed E-state index contributed by atoms with van der Waals surface area (Å²) in [6.07, 6.45) is 2.00. The Labute approximate surface area is 146 Å². The molecule has 0 aromatic carbocycles. The molecule has 3 aromatic heterocycles. The van der Waals surface area contributed by atoms with Crippen LogP contribution in [0, 0.1) is 0 Å². The van der Waals surface area contributed by atoms with Gasteiger partial charge in [0.15, 0.2) is 5.82 Å². The molecule has 0 bridgehead atoms. The highest BCUT2D eigenvalue weighted by atomic mass is 16.5. The van der Waals surface area contributed by atoms with Crippen molar-refractivity contribution < 1.29 is 9.26 Å². The number of hydrogen-bond donors (Lipinski definition) is 2. The van der Waals surface area contributed by atoms with Crippen LogP contribution in [0.25, 0.3) is 11.0 Å². The summed E-state index contributed by atoms with van der Waals surface area (Å²) >= 11 is 0. The molecule has 8 heteroatoms. The highest BCUT2D eigenvalue weighted by molar-refractivity contribution is 5.87. The van der Waals surface area contributed by atoms with Gasteiger partial charge in [-0.05, 0) is 6.07 Å². The lowest BCUT2D eigenvalue weighted by molar-refractivity contribution is 0.188. The molecule has 8 nitrogen and oxygen atoms in total. The third kappa shape index (κ3) is 3.74. The second-order valence-electron chi connectivity index (χ2n) is 6.11. The molecule has 134 valence electrons. The average molecular weight is 344 g/mol. The van der Waals surface area contributed by atoms with Gasteiger partial charge in [0, 0.05) is 38.9 Å². The largest absolute Gasteiger partial charge is 0.383 e. The van der Waals surface area contributed by atoms with Crippen molar-refractivity contribution in [2.75, 3.05) is 31.4 Å². The molecule has 0 atom stereocenters. The highest BCUT2D eigenvalue weighted by Gasteiger charge is 2.13. The molecule has 3 rings (SSSR count). The monoisotopic (exact) mass is 344 g/mol. The lowest BCUT2D eigenvalue weighted by atomic mass is 10.1. The quantitative estimate of drug-likeness (QED) is 0.649. The fraction of sp³-hybridized carbons (Fsp3) is 0.471. The van der Waals surface area contributed by atoms with Gasteiger partial charge in [0.2, 0.25) is 5.95 Å². The summed E-state index contributed by atoms with van der Waals surface area (Å²) in [5.41, 5.74) is 2.67. The zero-order chi connectivity index (χ0) is 17.8. The van der Waals surface area contributed by atoms with E-state index in [1.54, 1.807) is 14.2 Å². The number of rotatable bonds is 8. The van der Waals surface area contributed by atoms with Gasteiger partial charge in [-0.15, -0.1) is 0 Å². The van der Waals surface area contributed by atoms with E-state index in [0.29, 0.717) is 25.0 Å². The maximum absolute atomic E-state index is 5.35. The van der Waals surface area contributed by atoms with E-state index in [4.69, 9.17) is 9.26 Å². The van der Waals surface area contributed by atoms with Gasteiger partial charge in [-0.25, -0.2) is 4.98 Å². The molecular weight excluding hydrogens is 320 g/mol. The van der Waals surface area contributed by atoms with Gasteiger partial charge in [0.05, 0.1) is 18.7 Å². The number of nitrogens with one attached hydrogen (secondary N) is 2. The molecule has 3 aromatic rings. The van der Waals surface area contributed by atoms with Crippen LogP contribution in [0.2, 0.25) is 0 Å². The zero-order valence-electron chi connectivity index (χ0n) is 15.0. The Kier molecular flexibility index (Phi) is 5.18. The Morgan fingerprint density at radius 3 is 2.84 bits per heavy atom. The topological polar surface area (TPSA) is 90.0 Å². The highest BCUT2D eigenvalue weighted by Crippen LogP contribution is 2.24. The van der Waals surface area contributed by atoms with Crippen LogP contribution in [-0.4, -0.2) is 40.5 Å². The number of fused-ring (bicyclic) bond motifs is 1. The molecule has 0 radical (unpaired) electrons. The Morgan fingerprint density at radius 2 is 2.16 bits per heavy atom. The van der Waals surface area contributed by atoms with Crippen LogP contribution in [0.3, 0.4) is 0 Å². The molecule has 0 aliphatic rings. The predicted octanol–water partition coefficient (Wildman–Crippen LogP) is 2.84. The average Bonchev–Trinajstić information content (AvgIpc) is 3.24. The van der Waals surface area contributed by atoms with Crippen LogP contribution in [-0.2, 0) is 17.8 Å². The SMILES string of the molecule is CNc1nc(NCc2cc(C(C)C)on2)c2c(ccn2CCOC)n1. The van der Waals surface area contributed by atoms with Gasteiger partial charge in [0.1, 0.15) is 17.0 Å². The minimum absolute atomic E-state index is 0.314. The van der Waals surface area contributed by atoms with E-state index in [0.717, 1.165) is 34.9 Å². The van der Waals surface area contributed by atoms with E-state index in [9.17, 15) is 0 Å². The maximum Gasteiger partial charge on any atom is 0.225 e. The summed E-state index contributed by atoms with van der Waals surface area (Å²) in [6.45, 7) is 6.04. The van der Waals surface area contributed by atoms with Crippen molar-refractivity contribution >= 4 is 22.8 Å². The maximum atomic E-state index is 5.35. The van der Waals surface area contributed by atoms with Crippen molar-refractivity contribution in [2.45, 2.75) is 32.9 Å². The van der Waals surface area contributed by atoms with E-state index < -0.39 is 0 Å². The number of methoxy groups -OCH3 is 1. The van der Waals surface area contributed by atoms with Crippen LogP contribution in [0.15, 0.2) is 22.9 Å². The third-order valence-corrected chi connectivity index (χ3v) is 3.95. The molecule has 0 spiro atoms. The van der Waals surface area contributed by atoms with Gasteiger partial charge in [0.25, 0.3) is 0 Å². The molecular formula is C17H24N6O2. The summed E-state index contributed by atoms with van der Waals surface area (Å²) in [6, 6.07) is 3.95. The second-order valence-corrected chi connectivity index (χ2v) is 6.11. The molecule has 3 heterocycles. The summed E-state index contributed by atoms with van der Waals surface area (Å²) in [7, 11) is 3.50. The van der Waals surface area contributed by atoms with E-state index >= 15 is 0 Å². The lowest BCUT2D eigenvalue weighted by Gasteiger charge is -2.11. The number of hydrogen-bond acceptors (Lipinski definition) is 7. The van der Waals surface area contributed by atoms with Gasteiger partial charge in [-0.1, -0.05) is 19.0 Å². The van der Waals surface area contributed by atoms with Gasteiger partial charge < -0.3 is 24.5 Å². The van der Waals surface area contributed by atoms with Crippen molar-refractivity contribution in [3.05, 3.63) is 29.8 Å². The first-order chi connectivity index (χ1) is 12.1. The van der Waals surface area contributed by atoms with E-state index in [1.807, 2.05) is 18.3 Å². The molecule has 0 amide bonds. The van der Waals surface area contributed by atoms with Gasteiger partial charge in [-0.3, -0.25) is 0 Å². The summed E-state index contributed by atoms with van der Waals surface area (Å²) in [5.74, 6) is 2.52. The first-order valence-corrected chi connectivity index (χ1v) is 8.35. The fourth-order valence-corrected chi connectivity index (χ4v) is 2.58. The summed E-state index contributed by atoms with van der Waals surface area (Å²) in [5, 5.41) is 10.5.